The molecule has 0 bridgehead atoms. The summed E-state index contributed by atoms with van der Waals surface area (Å²) in [6.07, 6.45) is 0. The van der Waals surface area contributed by atoms with E-state index in [4.69, 9.17) is 17.3 Å². The average Bonchev–Trinajstić information content (AvgIpc) is 3.09. The van der Waals surface area contributed by atoms with Crippen LogP contribution in [0.5, 0.6) is 0 Å². The predicted octanol–water partition coefficient (Wildman–Crippen LogP) is 2.80. The molecule has 0 aliphatic carbocycles. The summed E-state index contributed by atoms with van der Waals surface area (Å²) < 4.78 is 1.93. The Bertz CT molecular complexity index is 838. The fourth-order valence-electron chi connectivity index (χ4n) is 2.37. The van der Waals surface area contributed by atoms with Crippen LogP contribution in [-0.4, -0.2) is 28.8 Å². The number of fused-ring (bicyclic) bond motifs is 1. The van der Waals surface area contributed by atoms with Crippen molar-refractivity contribution in [2.24, 2.45) is 5.73 Å². The van der Waals surface area contributed by atoms with Gasteiger partial charge in [-0.1, -0.05) is 23.7 Å². The number of amides is 1. The van der Waals surface area contributed by atoms with Crippen LogP contribution in [0.25, 0.3) is 10.2 Å². The Morgan fingerprint density at radius 1 is 1.39 bits per heavy atom. The number of aromatic nitrogens is 2. The molecule has 1 aromatic carbocycles. The predicted molar refractivity (Wildman–Crippen MR) is 94.3 cm³/mol. The van der Waals surface area contributed by atoms with Gasteiger partial charge in [-0.25, -0.2) is 0 Å². The van der Waals surface area contributed by atoms with E-state index in [2.05, 4.69) is 10.4 Å². The number of nitrogens with zero attached hydrogens (tertiary/aromatic N) is 2. The van der Waals surface area contributed by atoms with Gasteiger partial charge in [0, 0.05) is 23.5 Å². The molecule has 0 radical (unpaired) electrons. The molecule has 3 rings (SSSR count). The monoisotopic (exact) mass is 348 g/mol. The van der Waals surface area contributed by atoms with Crippen molar-refractivity contribution in [1.82, 2.24) is 15.1 Å². The third kappa shape index (κ3) is 3.39. The van der Waals surface area contributed by atoms with Crippen molar-refractivity contribution < 1.29 is 4.79 Å². The highest BCUT2D eigenvalue weighted by Crippen LogP contribution is 2.29. The van der Waals surface area contributed by atoms with Crippen LogP contribution >= 0.6 is 22.9 Å². The highest BCUT2D eigenvalue weighted by atomic mass is 35.5. The minimum atomic E-state index is -0.0888. The van der Waals surface area contributed by atoms with E-state index >= 15 is 0 Å². The van der Waals surface area contributed by atoms with Gasteiger partial charge in [0.05, 0.1) is 17.1 Å². The third-order valence-corrected chi connectivity index (χ3v) is 4.91. The van der Waals surface area contributed by atoms with Crippen LogP contribution < -0.4 is 11.1 Å². The summed E-state index contributed by atoms with van der Waals surface area (Å²) in [5.74, 6) is -0.0888. The fourth-order valence-corrected chi connectivity index (χ4v) is 3.57. The highest BCUT2D eigenvalue weighted by Gasteiger charge is 2.16. The molecule has 0 atom stereocenters. The number of nitrogens with one attached hydrogen (secondary N) is 1. The Labute approximate surface area is 143 Å². The van der Waals surface area contributed by atoms with Crippen molar-refractivity contribution in [3.63, 3.8) is 0 Å². The summed E-state index contributed by atoms with van der Waals surface area (Å²) in [7, 11) is 0. The summed E-state index contributed by atoms with van der Waals surface area (Å²) in [4.78, 5) is 13.8. The largest absolute Gasteiger partial charge is 0.350 e. The second kappa shape index (κ2) is 6.70. The van der Waals surface area contributed by atoms with Crippen LogP contribution in [0.3, 0.4) is 0 Å². The molecule has 7 heteroatoms. The zero-order valence-corrected chi connectivity index (χ0v) is 14.2. The van der Waals surface area contributed by atoms with E-state index in [1.807, 2.05) is 41.9 Å². The van der Waals surface area contributed by atoms with Gasteiger partial charge in [0.1, 0.15) is 4.83 Å². The molecule has 2 aromatic heterocycles. The second-order valence-electron chi connectivity index (χ2n) is 5.24. The first-order chi connectivity index (χ1) is 11.1. The quantitative estimate of drug-likeness (QED) is 0.744. The molecular formula is C16H17ClN4OS. The number of nitrogens with two attached hydrogens (primary N) is 1. The van der Waals surface area contributed by atoms with Gasteiger partial charge in [-0.15, -0.1) is 11.3 Å². The van der Waals surface area contributed by atoms with E-state index in [9.17, 15) is 4.79 Å². The number of carbonyl (C=O) groups excluding carboxylic acids is 1. The van der Waals surface area contributed by atoms with Gasteiger partial charge in [0.2, 0.25) is 0 Å². The van der Waals surface area contributed by atoms with Gasteiger partial charge >= 0.3 is 0 Å². The van der Waals surface area contributed by atoms with Crippen molar-refractivity contribution in [3.05, 3.63) is 51.5 Å². The molecule has 0 aliphatic heterocycles. The Hall–Kier alpha value is -1.89. The number of hydrogen-bond donors (Lipinski definition) is 2. The van der Waals surface area contributed by atoms with Crippen molar-refractivity contribution in [2.75, 3.05) is 13.1 Å². The first-order valence-corrected chi connectivity index (χ1v) is 8.47. The van der Waals surface area contributed by atoms with Crippen molar-refractivity contribution >= 4 is 39.1 Å². The topological polar surface area (TPSA) is 72.9 Å². The van der Waals surface area contributed by atoms with Crippen LogP contribution in [-0.2, 0) is 6.54 Å². The van der Waals surface area contributed by atoms with E-state index in [1.54, 1.807) is 0 Å². The molecule has 0 aliphatic rings. The van der Waals surface area contributed by atoms with E-state index < -0.39 is 0 Å². The van der Waals surface area contributed by atoms with Crippen LogP contribution in [0, 0.1) is 6.92 Å². The standard InChI is InChI=1S/C16H17ClN4OS/c1-10-13-8-14(15(22)19-7-6-18)23-16(13)21(20-10)9-11-2-4-12(17)5-3-11/h2-5,8H,6-7,9,18H2,1H3,(H,19,22). The maximum absolute atomic E-state index is 12.1. The molecule has 1 amide bonds. The molecule has 0 fully saturated rings. The Balaban J connectivity index is 1.90. The summed E-state index contributed by atoms with van der Waals surface area (Å²) in [6, 6.07) is 9.59. The van der Waals surface area contributed by atoms with E-state index in [1.165, 1.54) is 11.3 Å². The third-order valence-electron chi connectivity index (χ3n) is 3.51. The van der Waals surface area contributed by atoms with Gasteiger partial charge in [-0.2, -0.15) is 5.10 Å². The molecule has 5 nitrogen and oxygen atoms in total. The molecule has 0 spiro atoms. The number of halogens is 1. The smallest absolute Gasteiger partial charge is 0.261 e. The number of rotatable bonds is 5. The molecule has 120 valence electrons. The van der Waals surface area contributed by atoms with E-state index in [0.29, 0.717) is 29.5 Å². The highest BCUT2D eigenvalue weighted by molar-refractivity contribution is 7.20. The van der Waals surface area contributed by atoms with Crippen molar-refractivity contribution in [1.29, 1.82) is 0 Å². The lowest BCUT2D eigenvalue weighted by molar-refractivity contribution is 0.0959. The molecule has 3 N–H and O–H groups in total. The molecule has 2 heterocycles. The molecular weight excluding hydrogens is 332 g/mol. The van der Waals surface area contributed by atoms with Gasteiger partial charge in [0.25, 0.3) is 5.91 Å². The van der Waals surface area contributed by atoms with Crippen molar-refractivity contribution in [3.8, 4) is 0 Å². The lowest BCUT2D eigenvalue weighted by Gasteiger charge is -2.03. The van der Waals surface area contributed by atoms with Crippen LogP contribution in [0.2, 0.25) is 5.02 Å². The minimum Gasteiger partial charge on any atom is -0.350 e. The maximum atomic E-state index is 12.1. The molecule has 0 saturated carbocycles. The summed E-state index contributed by atoms with van der Waals surface area (Å²) in [6.45, 7) is 3.50. The molecule has 0 unspecified atom stereocenters. The Morgan fingerprint density at radius 2 is 2.13 bits per heavy atom. The Kier molecular flexibility index (Phi) is 4.66. The Morgan fingerprint density at radius 3 is 2.83 bits per heavy atom. The second-order valence-corrected chi connectivity index (χ2v) is 6.71. The fraction of sp³-hybridized carbons (Fsp3) is 0.250. The lowest BCUT2D eigenvalue weighted by Crippen LogP contribution is -2.28. The summed E-state index contributed by atoms with van der Waals surface area (Å²) >= 11 is 7.37. The number of hydrogen-bond acceptors (Lipinski definition) is 4. The first kappa shape index (κ1) is 16.0. The van der Waals surface area contributed by atoms with Gasteiger partial charge in [-0.05, 0) is 30.7 Å². The SMILES string of the molecule is Cc1nn(Cc2ccc(Cl)cc2)c2sc(C(=O)NCCN)cc12. The average molecular weight is 349 g/mol. The lowest BCUT2D eigenvalue weighted by atomic mass is 10.2. The number of thiophene rings is 1. The van der Waals surface area contributed by atoms with Crippen LogP contribution in [0.4, 0.5) is 0 Å². The minimum absolute atomic E-state index is 0.0888. The summed E-state index contributed by atoms with van der Waals surface area (Å²) in [5.41, 5.74) is 7.45. The van der Waals surface area contributed by atoms with Gasteiger partial charge in [-0.3, -0.25) is 9.48 Å². The van der Waals surface area contributed by atoms with Crippen LogP contribution in [0.1, 0.15) is 20.9 Å². The zero-order chi connectivity index (χ0) is 16.4. The zero-order valence-electron chi connectivity index (χ0n) is 12.7. The number of carbonyl (C=O) groups is 1. The van der Waals surface area contributed by atoms with E-state index in [0.717, 1.165) is 21.5 Å². The van der Waals surface area contributed by atoms with Gasteiger partial charge in [0.15, 0.2) is 0 Å². The van der Waals surface area contributed by atoms with Crippen LogP contribution in [0.15, 0.2) is 30.3 Å². The first-order valence-electron chi connectivity index (χ1n) is 7.28. The number of aryl methyl sites for hydroxylation is 1. The van der Waals surface area contributed by atoms with E-state index in [-0.39, 0.29) is 5.91 Å². The maximum Gasteiger partial charge on any atom is 0.261 e. The molecule has 0 saturated heterocycles. The van der Waals surface area contributed by atoms with Crippen molar-refractivity contribution in [2.45, 2.75) is 13.5 Å². The normalized spacial score (nSPS) is 11.1. The number of benzene rings is 1. The molecule has 23 heavy (non-hydrogen) atoms. The summed E-state index contributed by atoms with van der Waals surface area (Å²) in [5, 5.41) is 9.10. The van der Waals surface area contributed by atoms with Gasteiger partial charge < -0.3 is 11.1 Å². The molecule has 3 aromatic rings.